The van der Waals surface area contributed by atoms with Gasteiger partial charge in [0.1, 0.15) is 5.82 Å². The molecule has 0 saturated heterocycles. The van der Waals surface area contributed by atoms with Crippen molar-refractivity contribution in [1.29, 1.82) is 0 Å². The highest BCUT2D eigenvalue weighted by atomic mass is 79.9. The highest BCUT2D eigenvalue weighted by Crippen LogP contribution is 2.27. The van der Waals surface area contributed by atoms with E-state index in [9.17, 15) is 9.18 Å². The predicted molar refractivity (Wildman–Crippen MR) is 99.1 cm³/mol. The van der Waals surface area contributed by atoms with Crippen molar-refractivity contribution < 1.29 is 9.18 Å². The van der Waals surface area contributed by atoms with Gasteiger partial charge in [-0.15, -0.1) is 10.2 Å². The fourth-order valence-electron chi connectivity index (χ4n) is 2.10. The van der Waals surface area contributed by atoms with Crippen LogP contribution in [0.4, 0.5) is 10.1 Å². The topological polar surface area (TPSA) is 85.8 Å². The highest BCUT2D eigenvalue weighted by Gasteiger charge is 2.15. The summed E-state index contributed by atoms with van der Waals surface area (Å²) in [6, 6.07) is 13.2. The minimum atomic E-state index is -0.412. The van der Waals surface area contributed by atoms with Gasteiger partial charge in [0.05, 0.1) is 5.75 Å². The van der Waals surface area contributed by atoms with Crippen LogP contribution < -0.4 is 11.2 Å². The molecule has 0 aliphatic rings. The maximum atomic E-state index is 13.1. The van der Waals surface area contributed by atoms with Crippen LogP contribution in [-0.4, -0.2) is 26.5 Å². The maximum absolute atomic E-state index is 13.1. The summed E-state index contributed by atoms with van der Waals surface area (Å²) in [6.45, 7) is 0. The normalized spacial score (nSPS) is 10.6. The van der Waals surface area contributed by atoms with E-state index in [2.05, 4.69) is 31.4 Å². The molecule has 0 radical (unpaired) electrons. The Morgan fingerprint density at radius 3 is 2.80 bits per heavy atom. The molecular weight excluding hydrogens is 409 g/mol. The van der Waals surface area contributed by atoms with Crippen molar-refractivity contribution in [2.75, 3.05) is 16.9 Å². The lowest BCUT2D eigenvalue weighted by atomic mass is 10.2. The molecule has 0 aliphatic heterocycles. The lowest BCUT2D eigenvalue weighted by Gasteiger charge is -2.06. The van der Waals surface area contributed by atoms with E-state index < -0.39 is 5.82 Å². The van der Waals surface area contributed by atoms with Crippen LogP contribution in [0, 0.1) is 5.82 Å². The van der Waals surface area contributed by atoms with E-state index in [-0.39, 0.29) is 11.7 Å². The summed E-state index contributed by atoms with van der Waals surface area (Å²) in [6.07, 6.45) is 0. The summed E-state index contributed by atoms with van der Waals surface area (Å²) >= 11 is 4.59. The van der Waals surface area contributed by atoms with Gasteiger partial charge in [0.2, 0.25) is 11.1 Å². The molecule has 3 aromatic rings. The molecule has 1 heterocycles. The summed E-state index contributed by atoms with van der Waals surface area (Å²) in [5.74, 6) is 5.89. The lowest BCUT2D eigenvalue weighted by Crippen LogP contribution is -2.16. The van der Waals surface area contributed by atoms with Crippen molar-refractivity contribution >= 4 is 39.3 Å². The first-order chi connectivity index (χ1) is 12.0. The number of carbonyl (C=O) groups excluding carboxylic acids is 1. The highest BCUT2D eigenvalue weighted by molar-refractivity contribution is 9.10. The lowest BCUT2D eigenvalue weighted by molar-refractivity contribution is -0.113. The van der Waals surface area contributed by atoms with Gasteiger partial charge in [-0.1, -0.05) is 45.9 Å². The zero-order valence-electron chi connectivity index (χ0n) is 12.8. The number of nitrogens with two attached hydrogens (primary N) is 1. The third kappa shape index (κ3) is 4.18. The van der Waals surface area contributed by atoms with Gasteiger partial charge in [0.25, 0.3) is 0 Å². The summed E-state index contributed by atoms with van der Waals surface area (Å²) in [7, 11) is 0. The Kier molecular flexibility index (Phi) is 5.34. The fraction of sp³-hybridized carbons (Fsp3) is 0.0625. The van der Waals surface area contributed by atoms with Crippen molar-refractivity contribution in [3.63, 3.8) is 0 Å². The second-order valence-electron chi connectivity index (χ2n) is 5.00. The van der Waals surface area contributed by atoms with Crippen molar-refractivity contribution in [3.05, 3.63) is 58.8 Å². The van der Waals surface area contributed by atoms with E-state index in [1.165, 1.54) is 22.9 Å². The monoisotopic (exact) mass is 421 g/mol. The number of nitrogens with zero attached hydrogens (tertiary/aromatic N) is 3. The molecule has 3 N–H and O–H groups in total. The van der Waals surface area contributed by atoms with Crippen LogP contribution in [0.2, 0.25) is 0 Å². The van der Waals surface area contributed by atoms with Gasteiger partial charge >= 0.3 is 0 Å². The first-order valence-corrected chi connectivity index (χ1v) is 8.96. The molecule has 0 unspecified atom stereocenters. The van der Waals surface area contributed by atoms with E-state index >= 15 is 0 Å². The van der Waals surface area contributed by atoms with E-state index in [1.807, 2.05) is 24.3 Å². The smallest absolute Gasteiger partial charge is 0.234 e. The summed E-state index contributed by atoms with van der Waals surface area (Å²) in [4.78, 5) is 12.0. The average Bonchev–Trinajstić information content (AvgIpc) is 2.94. The van der Waals surface area contributed by atoms with Gasteiger partial charge < -0.3 is 11.2 Å². The Hall–Kier alpha value is -2.39. The van der Waals surface area contributed by atoms with E-state index in [4.69, 9.17) is 5.84 Å². The number of nitrogens with one attached hydrogen (secondary N) is 1. The molecule has 0 atom stereocenters. The number of hydrogen-bond acceptors (Lipinski definition) is 5. The molecule has 0 aliphatic carbocycles. The molecule has 128 valence electrons. The van der Waals surface area contributed by atoms with Crippen LogP contribution in [-0.2, 0) is 4.79 Å². The van der Waals surface area contributed by atoms with Gasteiger partial charge in [-0.2, -0.15) is 0 Å². The standard InChI is InChI=1S/C16H13BrFN5OS/c17-13-7-2-1-6-12(13)15-21-22-16(23(15)19)25-9-14(24)20-11-5-3-4-10(18)8-11/h1-8H,9,19H2,(H,20,24). The molecule has 25 heavy (non-hydrogen) atoms. The molecule has 2 aromatic carbocycles. The Morgan fingerprint density at radius 1 is 1.24 bits per heavy atom. The second kappa shape index (κ2) is 7.66. The minimum absolute atomic E-state index is 0.0712. The summed E-state index contributed by atoms with van der Waals surface area (Å²) in [5.41, 5.74) is 1.20. The van der Waals surface area contributed by atoms with Crippen molar-refractivity contribution in [2.45, 2.75) is 5.16 Å². The SMILES string of the molecule is Nn1c(SCC(=O)Nc2cccc(F)c2)nnc1-c1ccccc1Br. The largest absolute Gasteiger partial charge is 0.335 e. The third-order valence-electron chi connectivity index (χ3n) is 3.22. The van der Waals surface area contributed by atoms with Crippen molar-refractivity contribution in [3.8, 4) is 11.4 Å². The van der Waals surface area contributed by atoms with Crippen molar-refractivity contribution in [1.82, 2.24) is 14.9 Å². The number of carbonyl (C=O) groups is 1. The molecular formula is C16H13BrFN5OS. The third-order valence-corrected chi connectivity index (χ3v) is 4.85. The molecule has 1 aromatic heterocycles. The van der Waals surface area contributed by atoms with Crippen LogP contribution in [0.25, 0.3) is 11.4 Å². The number of thioether (sulfide) groups is 1. The molecule has 0 bridgehead atoms. The van der Waals surface area contributed by atoms with E-state index in [0.29, 0.717) is 16.7 Å². The van der Waals surface area contributed by atoms with Crippen LogP contribution >= 0.6 is 27.7 Å². The predicted octanol–water partition coefficient (Wildman–Crippen LogP) is 3.29. The molecule has 6 nitrogen and oxygen atoms in total. The van der Waals surface area contributed by atoms with Gasteiger partial charge in [0.15, 0.2) is 5.82 Å². The zero-order valence-corrected chi connectivity index (χ0v) is 15.2. The van der Waals surface area contributed by atoms with E-state index in [1.54, 1.807) is 6.07 Å². The number of halogens is 2. The number of anilines is 1. The van der Waals surface area contributed by atoms with Gasteiger partial charge in [-0.25, -0.2) is 9.07 Å². The molecule has 0 fully saturated rings. The number of nitrogen functional groups attached to an aromatic ring is 1. The first kappa shape index (κ1) is 17.4. The maximum Gasteiger partial charge on any atom is 0.234 e. The number of hydrogen-bond donors (Lipinski definition) is 2. The molecule has 1 amide bonds. The molecule has 3 rings (SSSR count). The van der Waals surface area contributed by atoms with Gasteiger partial charge in [0, 0.05) is 15.7 Å². The van der Waals surface area contributed by atoms with Crippen molar-refractivity contribution in [2.24, 2.45) is 0 Å². The summed E-state index contributed by atoms with van der Waals surface area (Å²) < 4.78 is 15.3. The molecule has 9 heteroatoms. The summed E-state index contributed by atoms with van der Waals surface area (Å²) in [5, 5.41) is 11.1. The average molecular weight is 422 g/mol. The number of aromatic nitrogens is 3. The number of amides is 1. The fourth-order valence-corrected chi connectivity index (χ4v) is 3.21. The first-order valence-electron chi connectivity index (χ1n) is 7.18. The van der Waals surface area contributed by atoms with E-state index in [0.717, 1.165) is 21.8 Å². The second-order valence-corrected chi connectivity index (χ2v) is 6.80. The quantitative estimate of drug-likeness (QED) is 0.487. The Morgan fingerprint density at radius 2 is 2.04 bits per heavy atom. The van der Waals surface area contributed by atoms with Crippen LogP contribution in [0.15, 0.2) is 58.2 Å². The molecule has 0 saturated carbocycles. The Labute approximate surface area is 155 Å². The number of rotatable bonds is 5. The van der Waals surface area contributed by atoms with Gasteiger partial charge in [-0.05, 0) is 30.3 Å². The number of benzene rings is 2. The van der Waals surface area contributed by atoms with Crippen LogP contribution in [0.5, 0.6) is 0 Å². The Bertz CT molecular complexity index is 917. The minimum Gasteiger partial charge on any atom is -0.335 e. The van der Waals surface area contributed by atoms with Gasteiger partial charge in [-0.3, -0.25) is 4.79 Å². The Balaban J connectivity index is 1.66. The van der Waals surface area contributed by atoms with Crippen LogP contribution in [0.3, 0.4) is 0 Å². The zero-order chi connectivity index (χ0) is 17.8. The van der Waals surface area contributed by atoms with Crippen LogP contribution in [0.1, 0.15) is 0 Å². The molecule has 0 spiro atoms.